The first-order chi connectivity index (χ1) is 10.8. The van der Waals surface area contributed by atoms with Gasteiger partial charge in [-0.3, -0.25) is 4.90 Å². The van der Waals surface area contributed by atoms with Crippen molar-refractivity contribution in [3.63, 3.8) is 0 Å². The lowest BCUT2D eigenvalue weighted by atomic mass is 10.1. The summed E-state index contributed by atoms with van der Waals surface area (Å²) in [7, 11) is 1.66. The van der Waals surface area contributed by atoms with E-state index in [9.17, 15) is 4.79 Å². The Bertz CT molecular complexity index is 547. The molecule has 0 unspecified atom stereocenters. The Morgan fingerprint density at radius 1 is 1.22 bits per heavy atom. The average Bonchev–Trinajstić information content (AvgIpc) is 2.46. The summed E-state index contributed by atoms with van der Waals surface area (Å²) >= 11 is 0. The predicted octanol–water partition coefficient (Wildman–Crippen LogP) is 2.33. The fraction of sp³-hybridized carbons (Fsp3) is 0.588. The number of methoxy groups -OCH3 is 1. The third-order valence-electron chi connectivity index (χ3n) is 3.72. The SMILES string of the molecule is COc1ccc(N)cc1CN1CCN(C(=O)OC(C)(C)C)CC1. The fourth-order valence-electron chi connectivity index (χ4n) is 2.58. The van der Waals surface area contributed by atoms with Crippen LogP contribution in [-0.4, -0.2) is 54.8 Å². The smallest absolute Gasteiger partial charge is 0.410 e. The molecular weight excluding hydrogens is 294 g/mol. The van der Waals surface area contributed by atoms with Crippen molar-refractivity contribution in [3.8, 4) is 5.75 Å². The molecule has 1 heterocycles. The number of nitrogen functional groups attached to an aromatic ring is 1. The first kappa shape index (κ1) is 17.4. The molecule has 0 aromatic heterocycles. The van der Waals surface area contributed by atoms with Crippen molar-refractivity contribution >= 4 is 11.8 Å². The zero-order chi connectivity index (χ0) is 17.0. The molecule has 2 rings (SSSR count). The number of hydrogen-bond acceptors (Lipinski definition) is 5. The molecule has 1 aliphatic rings. The molecule has 1 fully saturated rings. The molecule has 6 heteroatoms. The van der Waals surface area contributed by atoms with Gasteiger partial charge in [-0.25, -0.2) is 4.79 Å². The highest BCUT2D eigenvalue weighted by Crippen LogP contribution is 2.23. The zero-order valence-electron chi connectivity index (χ0n) is 14.5. The fourth-order valence-corrected chi connectivity index (χ4v) is 2.58. The van der Waals surface area contributed by atoms with E-state index in [0.717, 1.165) is 36.6 Å². The number of rotatable bonds is 3. The third kappa shape index (κ3) is 5.03. The monoisotopic (exact) mass is 321 g/mol. The number of ether oxygens (including phenoxy) is 2. The van der Waals surface area contributed by atoms with E-state index in [2.05, 4.69) is 4.90 Å². The van der Waals surface area contributed by atoms with Crippen molar-refractivity contribution < 1.29 is 14.3 Å². The van der Waals surface area contributed by atoms with E-state index in [4.69, 9.17) is 15.2 Å². The van der Waals surface area contributed by atoms with Crippen LogP contribution in [-0.2, 0) is 11.3 Å². The number of nitrogens with two attached hydrogens (primary N) is 1. The van der Waals surface area contributed by atoms with Crippen LogP contribution in [0.2, 0.25) is 0 Å². The normalized spacial score (nSPS) is 16.3. The number of amides is 1. The molecule has 1 amide bonds. The molecule has 1 aliphatic heterocycles. The van der Waals surface area contributed by atoms with Gasteiger partial charge in [0.2, 0.25) is 0 Å². The van der Waals surface area contributed by atoms with E-state index < -0.39 is 5.60 Å². The Labute approximate surface area is 138 Å². The van der Waals surface area contributed by atoms with Crippen molar-refractivity contribution in [1.29, 1.82) is 0 Å². The van der Waals surface area contributed by atoms with Crippen LogP contribution in [0.4, 0.5) is 10.5 Å². The topological polar surface area (TPSA) is 68.0 Å². The highest BCUT2D eigenvalue weighted by molar-refractivity contribution is 5.68. The van der Waals surface area contributed by atoms with Gasteiger partial charge in [-0.15, -0.1) is 0 Å². The van der Waals surface area contributed by atoms with Crippen LogP contribution < -0.4 is 10.5 Å². The van der Waals surface area contributed by atoms with Crippen LogP contribution in [0.25, 0.3) is 0 Å². The van der Waals surface area contributed by atoms with Crippen molar-refractivity contribution in [3.05, 3.63) is 23.8 Å². The summed E-state index contributed by atoms with van der Waals surface area (Å²) in [6, 6.07) is 5.67. The Balaban J connectivity index is 1.90. The van der Waals surface area contributed by atoms with Crippen LogP contribution in [0.15, 0.2) is 18.2 Å². The maximum Gasteiger partial charge on any atom is 0.410 e. The van der Waals surface area contributed by atoms with E-state index in [1.165, 1.54) is 0 Å². The molecule has 128 valence electrons. The molecule has 6 nitrogen and oxygen atoms in total. The van der Waals surface area contributed by atoms with Gasteiger partial charge in [-0.05, 0) is 39.0 Å². The van der Waals surface area contributed by atoms with Gasteiger partial charge < -0.3 is 20.1 Å². The third-order valence-corrected chi connectivity index (χ3v) is 3.72. The lowest BCUT2D eigenvalue weighted by Crippen LogP contribution is -2.49. The first-order valence-corrected chi connectivity index (χ1v) is 7.91. The second kappa shape index (κ2) is 7.08. The summed E-state index contributed by atoms with van der Waals surface area (Å²) in [5, 5.41) is 0. The van der Waals surface area contributed by atoms with E-state index in [1.807, 2.05) is 39.0 Å². The summed E-state index contributed by atoms with van der Waals surface area (Å²) < 4.78 is 10.8. The summed E-state index contributed by atoms with van der Waals surface area (Å²) in [6.45, 7) is 9.34. The Morgan fingerprint density at radius 3 is 2.43 bits per heavy atom. The molecule has 0 bridgehead atoms. The molecule has 1 aromatic carbocycles. The maximum atomic E-state index is 12.1. The molecule has 2 N–H and O–H groups in total. The van der Waals surface area contributed by atoms with E-state index >= 15 is 0 Å². The zero-order valence-corrected chi connectivity index (χ0v) is 14.5. The van der Waals surface area contributed by atoms with Gasteiger partial charge in [-0.2, -0.15) is 0 Å². The number of nitrogens with zero attached hydrogens (tertiary/aromatic N) is 2. The van der Waals surface area contributed by atoms with Crippen LogP contribution >= 0.6 is 0 Å². The largest absolute Gasteiger partial charge is 0.496 e. The number of anilines is 1. The number of carbonyl (C=O) groups is 1. The summed E-state index contributed by atoms with van der Waals surface area (Å²) in [5.74, 6) is 0.841. The molecule has 0 spiro atoms. The van der Waals surface area contributed by atoms with Crippen molar-refractivity contribution in [1.82, 2.24) is 9.80 Å². The predicted molar refractivity (Wildman–Crippen MR) is 90.5 cm³/mol. The van der Waals surface area contributed by atoms with Gasteiger partial charge in [0.1, 0.15) is 11.4 Å². The Kier molecular flexibility index (Phi) is 5.36. The number of hydrogen-bond donors (Lipinski definition) is 1. The standard InChI is InChI=1S/C17H27N3O3/c1-17(2,3)23-16(21)20-9-7-19(8-10-20)12-13-11-14(18)5-6-15(13)22-4/h5-6,11H,7-10,12,18H2,1-4H3. The van der Waals surface area contributed by atoms with Crippen molar-refractivity contribution in [2.45, 2.75) is 32.9 Å². The number of carbonyl (C=O) groups excluding carboxylic acids is 1. The minimum absolute atomic E-state index is 0.237. The number of piperazine rings is 1. The molecule has 0 aliphatic carbocycles. The first-order valence-electron chi connectivity index (χ1n) is 7.91. The van der Waals surface area contributed by atoms with Crippen molar-refractivity contribution in [2.24, 2.45) is 0 Å². The highest BCUT2D eigenvalue weighted by atomic mass is 16.6. The summed E-state index contributed by atoms with van der Waals surface area (Å²) in [5.41, 5.74) is 7.21. The summed E-state index contributed by atoms with van der Waals surface area (Å²) in [4.78, 5) is 16.1. The molecule has 0 atom stereocenters. The Morgan fingerprint density at radius 2 is 1.87 bits per heavy atom. The van der Waals surface area contributed by atoms with Gasteiger partial charge in [0.15, 0.2) is 0 Å². The van der Waals surface area contributed by atoms with Gasteiger partial charge in [-0.1, -0.05) is 0 Å². The van der Waals surface area contributed by atoms with Crippen LogP contribution in [0.5, 0.6) is 5.75 Å². The van der Waals surface area contributed by atoms with Crippen LogP contribution in [0.1, 0.15) is 26.3 Å². The van der Waals surface area contributed by atoms with Gasteiger partial charge in [0.05, 0.1) is 7.11 Å². The van der Waals surface area contributed by atoms with Crippen molar-refractivity contribution in [2.75, 3.05) is 39.0 Å². The maximum absolute atomic E-state index is 12.1. The molecule has 0 radical (unpaired) electrons. The van der Waals surface area contributed by atoms with E-state index in [0.29, 0.717) is 13.1 Å². The molecule has 1 aromatic rings. The summed E-state index contributed by atoms with van der Waals surface area (Å²) in [6.07, 6.45) is -0.237. The second-order valence-corrected chi connectivity index (χ2v) is 6.81. The average molecular weight is 321 g/mol. The molecule has 0 saturated carbocycles. The quantitative estimate of drug-likeness (QED) is 0.866. The van der Waals surface area contributed by atoms with E-state index in [-0.39, 0.29) is 6.09 Å². The van der Waals surface area contributed by atoms with Crippen LogP contribution in [0.3, 0.4) is 0 Å². The van der Waals surface area contributed by atoms with Gasteiger partial charge in [0.25, 0.3) is 0 Å². The molecular formula is C17H27N3O3. The number of benzene rings is 1. The van der Waals surface area contributed by atoms with E-state index in [1.54, 1.807) is 12.0 Å². The molecule has 23 heavy (non-hydrogen) atoms. The molecule has 1 saturated heterocycles. The minimum atomic E-state index is -0.455. The second-order valence-electron chi connectivity index (χ2n) is 6.81. The lowest BCUT2D eigenvalue weighted by molar-refractivity contribution is 0.0138. The van der Waals surface area contributed by atoms with Gasteiger partial charge >= 0.3 is 6.09 Å². The minimum Gasteiger partial charge on any atom is -0.496 e. The highest BCUT2D eigenvalue weighted by Gasteiger charge is 2.26. The lowest BCUT2D eigenvalue weighted by Gasteiger charge is -2.35. The van der Waals surface area contributed by atoms with Crippen LogP contribution in [0, 0.1) is 0 Å². The van der Waals surface area contributed by atoms with Gasteiger partial charge in [0, 0.05) is 44.0 Å². The Hall–Kier alpha value is -1.95.